The number of aromatic amines is 1. The van der Waals surface area contributed by atoms with Crippen molar-refractivity contribution in [2.24, 2.45) is 0 Å². The first-order valence-electron chi connectivity index (χ1n) is 6.24. The topological polar surface area (TPSA) is 171 Å². The van der Waals surface area contributed by atoms with Gasteiger partial charge in [-0.05, 0) is 0 Å². The van der Waals surface area contributed by atoms with Gasteiger partial charge in [0.05, 0.1) is 12.7 Å². The summed E-state index contributed by atoms with van der Waals surface area (Å²) >= 11 is 0. The summed E-state index contributed by atoms with van der Waals surface area (Å²) in [6, 6.07) is 0. The number of rotatable bonds is 3. The number of H-pyrrole nitrogens is 1. The number of nitrogens with zero attached hydrogens (tertiary/aromatic N) is 3. The summed E-state index contributed by atoms with van der Waals surface area (Å²) in [7, 11) is 0. The first-order chi connectivity index (χ1) is 10.4. The van der Waals surface area contributed by atoms with Crippen molar-refractivity contribution in [3.8, 4) is 0 Å². The van der Waals surface area contributed by atoms with Gasteiger partial charge in [-0.2, -0.15) is 0 Å². The second-order valence-electron chi connectivity index (χ2n) is 4.81. The first kappa shape index (κ1) is 14.6. The average molecular weight is 312 g/mol. The highest BCUT2D eigenvalue weighted by Crippen LogP contribution is 2.32. The van der Waals surface area contributed by atoms with Crippen LogP contribution in [0.1, 0.15) is 6.23 Å². The normalized spacial score (nSPS) is 29.8. The molecule has 3 rings (SSSR count). The Morgan fingerprint density at radius 2 is 2.09 bits per heavy atom. The van der Waals surface area contributed by atoms with Gasteiger partial charge in [-0.15, -0.1) is 0 Å². The van der Waals surface area contributed by atoms with Gasteiger partial charge < -0.3 is 30.1 Å². The van der Waals surface area contributed by atoms with Crippen molar-refractivity contribution in [2.45, 2.75) is 30.6 Å². The van der Waals surface area contributed by atoms with E-state index in [4.69, 9.17) is 9.84 Å². The Bertz CT molecular complexity index is 771. The maximum absolute atomic E-state index is 11.6. The molecule has 5 unspecified atom stereocenters. The smallest absolute Gasteiger partial charge is 0.335 e. The van der Waals surface area contributed by atoms with Crippen molar-refractivity contribution in [1.29, 1.82) is 0 Å². The highest BCUT2D eigenvalue weighted by atomic mass is 16.6. The number of aromatic nitrogens is 4. The monoisotopic (exact) mass is 312 g/mol. The molecular formula is C11H12N4O7. The summed E-state index contributed by atoms with van der Waals surface area (Å²) < 4.78 is 6.43. The summed E-state index contributed by atoms with van der Waals surface area (Å²) in [6.07, 6.45) is -5.65. The zero-order valence-electron chi connectivity index (χ0n) is 10.9. The molecule has 2 aromatic heterocycles. The van der Waals surface area contributed by atoms with Crippen LogP contribution in [0.3, 0.4) is 0 Å². The van der Waals surface area contributed by atoms with E-state index in [1.54, 1.807) is 0 Å². The maximum atomic E-state index is 11.6. The van der Waals surface area contributed by atoms with Crippen LogP contribution in [0, 0.1) is 0 Å². The predicted molar refractivity (Wildman–Crippen MR) is 67.7 cm³/mol. The predicted octanol–water partition coefficient (Wildman–Crippen LogP) is -2.82. The van der Waals surface area contributed by atoms with Crippen molar-refractivity contribution >= 4 is 17.1 Å². The molecular weight excluding hydrogens is 300 g/mol. The summed E-state index contributed by atoms with van der Waals surface area (Å²) in [6.45, 7) is 0. The number of carboxylic acid groups (broad SMARTS) is 1. The Morgan fingerprint density at radius 3 is 2.77 bits per heavy atom. The second-order valence-corrected chi connectivity index (χ2v) is 4.81. The lowest BCUT2D eigenvalue weighted by molar-refractivity contribution is -0.160. The SMILES string of the molecule is O=C(O)C(O)C1OC(n2cnc3c(=O)[nH]cnc32)C(O)C1O. The highest BCUT2D eigenvalue weighted by Gasteiger charge is 2.49. The molecule has 0 bridgehead atoms. The second kappa shape index (κ2) is 5.14. The molecule has 0 spiro atoms. The number of fused-ring (bicyclic) bond motifs is 1. The van der Waals surface area contributed by atoms with Crippen LogP contribution in [-0.2, 0) is 9.53 Å². The number of hydrogen-bond acceptors (Lipinski definition) is 8. The molecule has 11 nitrogen and oxygen atoms in total. The number of carbonyl (C=O) groups is 1. The maximum Gasteiger partial charge on any atom is 0.335 e. The third-order valence-corrected chi connectivity index (χ3v) is 3.48. The van der Waals surface area contributed by atoms with Crippen molar-refractivity contribution in [3.63, 3.8) is 0 Å². The fourth-order valence-corrected chi connectivity index (χ4v) is 2.37. The van der Waals surface area contributed by atoms with Gasteiger partial charge in [-0.1, -0.05) is 0 Å². The van der Waals surface area contributed by atoms with Crippen LogP contribution in [0.25, 0.3) is 11.2 Å². The Labute approximate surface area is 121 Å². The van der Waals surface area contributed by atoms with Crippen LogP contribution in [0.5, 0.6) is 0 Å². The van der Waals surface area contributed by atoms with Crippen molar-refractivity contribution < 1.29 is 30.0 Å². The first-order valence-corrected chi connectivity index (χ1v) is 6.24. The summed E-state index contributed by atoms with van der Waals surface area (Å²) in [4.78, 5) is 32.4. The molecule has 5 atom stereocenters. The van der Waals surface area contributed by atoms with Crippen molar-refractivity contribution in [3.05, 3.63) is 23.0 Å². The van der Waals surface area contributed by atoms with E-state index in [2.05, 4.69) is 15.0 Å². The van der Waals surface area contributed by atoms with Crippen molar-refractivity contribution in [2.75, 3.05) is 0 Å². The molecule has 118 valence electrons. The molecule has 1 aliphatic rings. The Hall–Kier alpha value is -2.34. The van der Waals surface area contributed by atoms with Gasteiger partial charge in [0.1, 0.15) is 18.3 Å². The molecule has 1 aliphatic heterocycles. The molecule has 1 fully saturated rings. The number of carboxylic acids is 1. The van der Waals surface area contributed by atoms with Gasteiger partial charge in [-0.3, -0.25) is 9.36 Å². The van der Waals surface area contributed by atoms with Gasteiger partial charge >= 0.3 is 5.97 Å². The van der Waals surface area contributed by atoms with E-state index >= 15 is 0 Å². The fourth-order valence-electron chi connectivity index (χ4n) is 2.37. The minimum atomic E-state index is -2.01. The van der Waals surface area contributed by atoms with E-state index < -0.39 is 42.2 Å². The van der Waals surface area contributed by atoms with Crippen LogP contribution >= 0.6 is 0 Å². The number of aliphatic hydroxyl groups is 3. The molecule has 0 radical (unpaired) electrons. The van der Waals surface area contributed by atoms with Crippen molar-refractivity contribution in [1.82, 2.24) is 19.5 Å². The molecule has 11 heteroatoms. The van der Waals surface area contributed by atoms with Crippen LogP contribution < -0.4 is 5.56 Å². The van der Waals surface area contributed by atoms with Gasteiger partial charge in [-0.25, -0.2) is 14.8 Å². The third kappa shape index (κ3) is 2.07. The largest absolute Gasteiger partial charge is 0.479 e. The number of nitrogens with one attached hydrogen (secondary N) is 1. The zero-order valence-corrected chi connectivity index (χ0v) is 10.9. The van der Waals surface area contributed by atoms with Crippen LogP contribution in [-0.4, -0.2) is 70.3 Å². The van der Waals surface area contributed by atoms with Gasteiger partial charge in [0.15, 0.2) is 23.5 Å². The zero-order chi connectivity index (χ0) is 16.0. The molecule has 0 saturated carbocycles. The molecule has 5 N–H and O–H groups in total. The standard InChI is InChI=1S/C11H12N4O7/c16-4-5(17)10(22-7(4)6(18)11(20)21)15-2-14-3-8(15)12-1-13-9(3)19/h1-2,4-7,10,16-18H,(H,20,21)(H,12,13,19). The highest BCUT2D eigenvalue weighted by molar-refractivity contribution is 5.73. The minimum absolute atomic E-state index is 0.00461. The minimum Gasteiger partial charge on any atom is -0.479 e. The van der Waals surface area contributed by atoms with Gasteiger partial charge in [0.25, 0.3) is 5.56 Å². The quantitative estimate of drug-likeness (QED) is 0.401. The van der Waals surface area contributed by atoms with Crippen LogP contribution in [0.4, 0.5) is 0 Å². The van der Waals surface area contributed by atoms with E-state index in [1.165, 1.54) is 10.9 Å². The summed E-state index contributed by atoms with van der Waals surface area (Å²) in [5, 5.41) is 38.1. The molecule has 3 heterocycles. The van der Waals surface area contributed by atoms with E-state index in [9.17, 15) is 24.9 Å². The number of imidazole rings is 1. The Morgan fingerprint density at radius 1 is 1.36 bits per heavy atom. The Kier molecular flexibility index (Phi) is 3.41. The van der Waals surface area contributed by atoms with Gasteiger partial charge in [0.2, 0.25) is 0 Å². The molecule has 22 heavy (non-hydrogen) atoms. The molecule has 2 aromatic rings. The number of aliphatic carboxylic acids is 1. The third-order valence-electron chi connectivity index (χ3n) is 3.48. The summed E-state index contributed by atoms with van der Waals surface area (Å²) in [5.41, 5.74) is -0.417. The molecule has 0 aliphatic carbocycles. The molecule has 0 aromatic carbocycles. The molecule has 1 saturated heterocycles. The lowest BCUT2D eigenvalue weighted by Gasteiger charge is -2.17. The molecule has 0 amide bonds. The van der Waals surface area contributed by atoms with E-state index in [0.29, 0.717) is 0 Å². The van der Waals surface area contributed by atoms with Gasteiger partial charge in [0, 0.05) is 0 Å². The number of hydrogen-bond donors (Lipinski definition) is 5. The summed E-state index contributed by atoms with van der Waals surface area (Å²) in [5.74, 6) is -1.60. The fraction of sp³-hybridized carbons (Fsp3) is 0.455. The van der Waals surface area contributed by atoms with E-state index in [1.807, 2.05) is 0 Å². The lowest BCUT2D eigenvalue weighted by atomic mass is 10.1. The van der Waals surface area contributed by atoms with E-state index in [-0.39, 0.29) is 11.2 Å². The van der Waals surface area contributed by atoms with Crippen LogP contribution in [0.15, 0.2) is 17.4 Å². The lowest BCUT2D eigenvalue weighted by Crippen LogP contribution is -2.42. The average Bonchev–Trinajstić information content (AvgIpc) is 3.02. The Balaban J connectivity index is 1.99. The van der Waals surface area contributed by atoms with E-state index in [0.717, 1.165) is 6.33 Å². The number of aliphatic hydroxyl groups excluding tert-OH is 3. The number of ether oxygens (including phenoxy) is 1. The van der Waals surface area contributed by atoms with Crippen LogP contribution in [0.2, 0.25) is 0 Å².